The topological polar surface area (TPSA) is 55.3 Å². The molecule has 1 aliphatic rings. The zero-order chi connectivity index (χ0) is 13.5. The molecule has 2 unspecified atom stereocenters. The number of hydrogen-bond donors (Lipinski definition) is 2. The van der Waals surface area contributed by atoms with Gasteiger partial charge in [0.1, 0.15) is 0 Å². The molecule has 0 bridgehead atoms. The van der Waals surface area contributed by atoms with Crippen molar-refractivity contribution in [2.75, 3.05) is 19.6 Å². The number of nitrogens with zero attached hydrogens (tertiary/aromatic N) is 1. The van der Waals surface area contributed by atoms with Gasteiger partial charge >= 0.3 is 0 Å². The predicted octanol–water partition coefficient (Wildman–Crippen LogP) is 2.04. The summed E-state index contributed by atoms with van der Waals surface area (Å²) in [6.07, 6.45) is 7.76. The van der Waals surface area contributed by atoms with Gasteiger partial charge in [-0.15, -0.1) is 0 Å². The van der Waals surface area contributed by atoms with Crippen molar-refractivity contribution < 1.29 is 0 Å². The molecule has 1 fully saturated rings. The molecule has 0 radical (unpaired) electrons. The first-order chi connectivity index (χ1) is 8.62. The summed E-state index contributed by atoms with van der Waals surface area (Å²) >= 11 is 0. The van der Waals surface area contributed by atoms with Crippen LogP contribution in [-0.2, 0) is 0 Å². The molecule has 104 valence electrons. The van der Waals surface area contributed by atoms with E-state index in [0.717, 1.165) is 32.4 Å². The fourth-order valence-electron chi connectivity index (χ4n) is 2.47. The molecule has 0 aromatic carbocycles. The molecule has 1 aliphatic heterocycles. The van der Waals surface area contributed by atoms with Crippen molar-refractivity contribution in [1.29, 1.82) is 0 Å². The van der Waals surface area contributed by atoms with Gasteiger partial charge in [-0.2, -0.15) is 0 Å². The van der Waals surface area contributed by atoms with Gasteiger partial charge in [0, 0.05) is 31.7 Å². The summed E-state index contributed by atoms with van der Waals surface area (Å²) in [5.41, 5.74) is 14.8. The highest BCUT2D eigenvalue weighted by Crippen LogP contribution is 2.19. The van der Waals surface area contributed by atoms with Gasteiger partial charge in [-0.05, 0) is 26.2 Å². The number of nitrogens with two attached hydrogens (primary N) is 2. The number of likely N-dealkylation sites (tertiary alicyclic amines) is 1. The molecule has 1 saturated heterocycles. The van der Waals surface area contributed by atoms with Crippen LogP contribution in [0.1, 0.15) is 40.0 Å². The van der Waals surface area contributed by atoms with Gasteiger partial charge in [0.15, 0.2) is 0 Å². The fourth-order valence-corrected chi connectivity index (χ4v) is 2.47. The van der Waals surface area contributed by atoms with E-state index >= 15 is 0 Å². The lowest BCUT2D eigenvalue weighted by molar-refractivity contribution is 0.271. The van der Waals surface area contributed by atoms with Crippen molar-refractivity contribution in [1.82, 2.24) is 4.90 Å². The normalized spacial score (nSPS) is 24.6. The van der Waals surface area contributed by atoms with Crippen LogP contribution in [0.25, 0.3) is 0 Å². The third kappa shape index (κ3) is 4.23. The van der Waals surface area contributed by atoms with Gasteiger partial charge in [-0.25, -0.2) is 0 Å². The van der Waals surface area contributed by atoms with Crippen molar-refractivity contribution in [3.05, 3.63) is 23.3 Å². The summed E-state index contributed by atoms with van der Waals surface area (Å²) < 4.78 is 0. The molecule has 2 atom stereocenters. The molecule has 0 saturated carbocycles. The maximum absolute atomic E-state index is 5.99. The number of rotatable bonds is 6. The monoisotopic (exact) mass is 251 g/mol. The number of allylic oxidation sites excluding steroid dienone is 3. The SMILES string of the molecule is CC/C(C)=C/C=C(\CC)C(CN)N1CCC(N)C1. The van der Waals surface area contributed by atoms with Crippen LogP contribution < -0.4 is 11.5 Å². The lowest BCUT2D eigenvalue weighted by Crippen LogP contribution is -2.41. The van der Waals surface area contributed by atoms with Crippen LogP contribution in [0.15, 0.2) is 23.3 Å². The molecule has 3 nitrogen and oxygen atoms in total. The highest BCUT2D eigenvalue weighted by molar-refractivity contribution is 5.21. The van der Waals surface area contributed by atoms with Gasteiger partial charge in [0.2, 0.25) is 0 Å². The molecule has 1 heterocycles. The van der Waals surface area contributed by atoms with E-state index in [9.17, 15) is 0 Å². The summed E-state index contributed by atoms with van der Waals surface area (Å²) in [7, 11) is 0. The molecule has 3 heteroatoms. The van der Waals surface area contributed by atoms with Crippen molar-refractivity contribution >= 4 is 0 Å². The largest absolute Gasteiger partial charge is 0.329 e. The second kappa shape index (κ2) is 7.72. The Kier molecular flexibility index (Phi) is 6.61. The van der Waals surface area contributed by atoms with Crippen molar-refractivity contribution in [2.45, 2.75) is 52.1 Å². The van der Waals surface area contributed by atoms with Crippen LogP contribution in [0.2, 0.25) is 0 Å². The molecule has 0 amide bonds. The predicted molar refractivity (Wildman–Crippen MR) is 79.4 cm³/mol. The van der Waals surface area contributed by atoms with Crippen LogP contribution in [0.4, 0.5) is 0 Å². The molecular weight excluding hydrogens is 222 g/mol. The fraction of sp³-hybridized carbons (Fsp3) is 0.733. The minimum Gasteiger partial charge on any atom is -0.329 e. The molecular formula is C15H29N3. The van der Waals surface area contributed by atoms with Gasteiger partial charge in [-0.1, -0.05) is 37.1 Å². The average molecular weight is 251 g/mol. The lowest BCUT2D eigenvalue weighted by Gasteiger charge is -2.28. The summed E-state index contributed by atoms with van der Waals surface area (Å²) in [5, 5.41) is 0. The minimum absolute atomic E-state index is 0.324. The van der Waals surface area contributed by atoms with Crippen LogP contribution in [0, 0.1) is 0 Å². The quantitative estimate of drug-likeness (QED) is 0.710. The second-order valence-corrected chi connectivity index (χ2v) is 5.26. The maximum atomic E-state index is 5.99. The van der Waals surface area contributed by atoms with Crippen molar-refractivity contribution in [3.63, 3.8) is 0 Å². The van der Waals surface area contributed by atoms with E-state index in [-0.39, 0.29) is 0 Å². The van der Waals surface area contributed by atoms with Gasteiger partial charge in [0.25, 0.3) is 0 Å². The second-order valence-electron chi connectivity index (χ2n) is 5.26. The van der Waals surface area contributed by atoms with Crippen molar-refractivity contribution in [2.24, 2.45) is 11.5 Å². The first kappa shape index (κ1) is 15.4. The molecule has 4 N–H and O–H groups in total. The van der Waals surface area contributed by atoms with Crippen LogP contribution in [0.3, 0.4) is 0 Å². The number of hydrogen-bond acceptors (Lipinski definition) is 3. The zero-order valence-corrected chi connectivity index (χ0v) is 12.2. The zero-order valence-electron chi connectivity index (χ0n) is 12.2. The van der Waals surface area contributed by atoms with E-state index in [1.807, 2.05) is 0 Å². The maximum Gasteiger partial charge on any atom is 0.0433 e. The van der Waals surface area contributed by atoms with E-state index in [1.54, 1.807) is 0 Å². The van der Waals surface area contributed by atoms with Crippen LogP contribution >= 0.6 is 0 Å². The Labute approximate surface area is 112 Å². The summed E-state index contributed by atoms with van der Waals surface area (Å²) in [5.74, 6) is 0. The van der Waals surface area contributed by atoms with Gasteiger partial charge in [-0.3, -0.25) is 4.90 Å². The minimum atomic E-state index is 0.324. The Morgan fingerprint density at radius 1 is 1.33 bits per heavy atom. The Bertz CT molecular complexity index is 307. The highest BCUT2D eigenvalue weighted by Gasteiger charge is 2.26. The smallest absolute Gasteiger partial charge is 0.0433 e. The molecule has 0 aromatic rings. The third-order valence-corrected chi connectivity index (χ3v) is 3.90. The Morgan fingerprint density at radius 2 is 2.06 bits per heavy atom. The van der Waals surface area contributed by atoms with E-state index in [1.165, 1.54) is 11.1 Å². The summed E-state index contributed by atoms with van der Waals surface area (Å²) in [4.78, 5) is 2.44. The molecule has 0 aromatic heterocycles. The van der Waals surface area contributed by atoms with E-state index in [4.69, 9.17) is 11.5 Å². The van der Waals surface area contributed by atoms with E-state index in [2.05, 4.69) is 37.8 Å². The Balaban J connectivity index is 2.77. The van der Waals surface area contributed by atoms with E-state index < -0.39 is 0 Å². The summed E-state index contributed by atoms with van der Waals surface area (Å²) in [6.45, 7) is 9.32. The molecule has 1 rings (SSSR count). The third-order valence-electron chi connectivity index (χ3n) is 3.90. The van der Waals surface area contributed by atoms with Gasteiger partial charge in [0.05, 0.1) is 0 Å². The first-order valence-corrected chi connectivity index (χ1v) is 7.18. The van der Waals surface area contributed by atoms with Gasteiger partial charge < -0.3 is 11.5 Å². The van der Waals surface area contributed by atoms with E-state index in [0.29, 0.717) is 18.6 Å². The van der Waals surface area contributed by atoms with Crippen molar-refractivity contribution in [3.8, 4) is 0 Å². The Morgan fingerprint density at radius 3 is 2.50 bits per heavy atom. The first-order valence-electron chi connectivity index (χ1n) is 7.18. The lowest BCUT2D eigenvalue weighted by atomic mass is 10.0. The van der Waals surface area contributed by atoms with Crippen LogP contribution in [-0.4, -0.2) is 36.6 Å². The van der Waals surface area contributed by atoms with Crippen LogP contribution in [0.5, 0.6) is 0 Å². The molecule has 0 spiro atoms. The molecule has 18 heavy (non-hydrogen) atoms. The average Bonchev–Trinajstić information content (AvgIpc) is 2.80. The molecule has 0 aliphatic carbocycles. The standard InChI is InChI=1S/C15H29N3/c1-4-12(3)6-7-13(5-2)15(10-16)18-9-8-14(17)11-18/h6-7,14-15H,4-5,8-11,16-17H2,1-3H3/b12-6+,13-7+. The highest BCUT2D eigenvalue weighted by atomic mass is 15.2. The Hall–Kier alpha value is -0.640. The summed E-state index contributed by atoms with van der Waals surface area (Å²) in [6, 6.07) is 0.689.